The minimum absolute atomic E-state index is 0.159. The summed E-state index contributed by atoms with van der Waals surface area (Å²) in [6.45, 7) is 13.1. The van der Waals surface area contributed by atoms with Gasteiger partial charge in [0.25, 0.3) is 0 Å². The zero-order valence-electron chi connectivity index (χ0n) is 11.2. The average molecular weight is 240 g/mol. The predicted octanol–water partition coefficient (Wildman–Crippen LogP) is 3.64. The normalized spacial score (nSPS) is 12.1. The molecule has 1 rings (SSSR count). The Bertz CT molecular complexity index is 323. The third-order valence-corrected chi connectivity index (χ3v) is 3.48. The first-order chi connectivity index (χ1) is 7.45. The molecule has 0 spiro atoms. The Morgan fingerprint density at radius 3 is 2.56 bits per heavy atom. The van der Waals surface area contributed by atoms with Gasteiger partial charge in [0.1, 0.15) is 0 Å². The highest BCUT2D eigenvalue weighted by atomic mass is 32.1. The summed E-state index contributed by atoms with van der Waals surface area (Å²) >= 11 is 1.83. The molecular weight excluding hydrogens is 216 g/mol. The standard InChI is InChI=1S/C13H24N2S/c1-6-7-8-14-9-11-12(13(3,4)5)15-10(2)16-11/h14H,6-9H2,1-5H3. The molecule has 0 saturated heterocycles. The molecule has 1 aromatic rings. The lowest BCUT2D eigenvalue weighted by molar-refractivity contribution is 0.556. The second-order valence-electron chi connectivity index (χ2n) is 5.28. The van der Waals surface area contributed by atoms with E-state index in [2.05, 4.69) is 44.9 Å². The molecule has 0 radical (unpaired) electrons. The van der Waals surface area contributed by atoms with E-state index in [1.165, 1.54) is 28.4 Å². The van der Waals surface area contributed by atoms with Crippen molar-refractivity contribution < 1.29 is 0 Å². The van der Waals surface area contributed by atoms with Crippen LogP contribution in [0.15, 0.2) is 0 Å². The molecule has 0 bridgehead atoms. The Kier molecular flexibility index (Phi) is 4.93. The third kappa shape index (κ3) is 3.87. The van der Waals surface area contributed by atoms with Crippen molar-refractivity contribution in [3.63, 3.8) is 0 Å². The van der Waals surface area contributed by atoms with E-state index in [-0.39, 0.29) is 5.41 Å². The molecule has 0 aromatic carbocycles. The number of unbranched alkanes of at least 4 members (excludes halogenated alkanes) is 1. The molecule has 0 unspecified atom stereocenters. The van der Waals surface area contributed by atoms with Gasteiger partial charge < -0.3 is 5.32 Å². The Morgan fingerprint density at radius 1 is 1.31 bits per heavy atom. The summed E-state index contributed by atoms with van der Waals surface area (Å²) in [5.74, 6) is 0. The van der Waals surface area contributed by atoms with Crippen molar-refractivity contribution >= 4 is 11.3 Å². The quantitative estimate of drug-likeness (QED) is 0.795. The molecule has 0 saturated carbocycles. The number of hydrogen-bond acceptors (Lipinski definition) is 3. The van der Waals surface area contributed by atoms with Crippen molar-refractivity contribution in [2.24, 2.45) is 0 Å². The summed E-state index contributed by atoms with van der Waals surface area (Å²) < 4.78 is 0. The molecule has 1 N–H and O–H groups in total. The van der Waals surface area contributed by atoms with E-state index in [4.69, 9.17) is 0 Å². The van der Waals surface area contributed by atoms with E-state index in [1.807, 2.05) is 11.3 Å². The fraction of sp³-hybridized carbons (Fsp3) is 0.769. The summed E-state index contributed by atoms with van der Waals surface area (Å²) in [5, 5.41) is 4.68. The number of hydrogen-bond donors (Lipinski definition) is 1. The van der Waals surface area contributed by atoms with Crippen LogP contribution < -0.4 is 5.32 Å². The van der Waals surface area contributed by atoms with Crippen LogP contribution in [0.5, 0.6) is 0 Å². The van der Waals surface area contributed by atoms with E-state index < -0.39 is 0 Å². The van der Waals surface area contributed by atoms with Gasteiger partial charge in [0.05, 0.1) is 10.7 Å². The molecule has 1 aromatic heterocycles. The Morgan fingerprint density at radius 2 is 2.00 bits per heavy atom. The summed E-state index contributed by atoms with van der Waals surface area (Å²) in [5.41, 5.74) is 1.42. The minimum atomic E-state index is 0.159. The van der Waals surface area contributed by atoms with Crippen molar-refractivity contribution in [3.8, 4) is 0 Å². The first-order valence-electron chi connectivity index (χ1n) is 6.12. The molecular formula is C13H24N2S. The SMILES string of the molecule is CCCCNCc1sc(C)nc1C(C)(C)C. The smallest absolute Gasteiger partial charge is 0.0900 e. The summed E-state index contributed by atoms with van der Waals surface area (Å²) in [6, 6.07) is 0. The second-order valence-corrected chi connectivity index (χ2v) is 6.57. The molecule has 0 amide bonds. The maximum absolute atomic E-state index is 4.66. The highest BCUT2D eigenvalue weighted by Crippen LogP contribution is 2.29. The lowest BCUT2D eigenvalue weighted by Crippen LogP contribution is -2.19. The van der Waals surface area contributed by atoms with E-state index in [0.717, 1.165) is 13.1 Å². The van der Waals surface area contributed by atoms with Crippen molar-refractivity contribution in [1.29, 1.82) is 0 Å². The van der Waals surface area contributed by atoms with Crippen LogP contribution in [0, 0.1) is 6.92 Å². The highest BCUT2D eigenvalue weighted by Gasteiger charge is 2.21. The average Bonchev–Trinajstić information content (AvgIpc) is 2.54. The molecule has 0 aliphatic carbocycles. The summed E-state index contributed by atoms with van der Waals surface area (Å²) in [7, 11) is 0. The number of aryl methyl sites for hydroxylation is 1. The maximum Gasteiger partial charge on any atom is 0.0900 e. The van der Waals surface area contributed by atoms with E-state index in [0.29, 0.717) is 0 Å². The second kappa shape index (κ2) is 5.78. The van der Waals surface area contributed by atoms with Crippen LogP contribution in [0.25, 0.3) is 0 Å². The van der Waals surface area contributed by atoms with Crippen LogP contribution >= 0.6 is 11.3 Å². The number of rotatable bonds is 5. The molecule has 2 nitrogen and oxygen atoms in total. The van der Waals surface area contributed by atoms with Crippen molar-refractivity contribution in [2.75, 3.05) is 6.54 Å². The number of nitrogens with zero attached hydrogens (tertiary/aromatic N) is 1. The molecule has 0 aliphatic heterocycles. The Hall–Kier alpha value is -0.410. The lowest BCUT2D eigenvalue weighted by Gasteiger charge is -2.17. The molecule has 0 aliphatic rings. The Balaban J connectivity index is 2.65. The number of aromatic nitrogens is 1. The van der Waals surface area contributed by atoms with Gasteiger partial charge in [0.2, 0.25) is 0 Å². The van der Waals surface area contributed by atoms with Crippen LogP contribution in [-0.4, -0.2) is 11.5 Å². The highest BCUT2D eigenvalue weighted by molar-refractivity contribution is 7.11. The van der Waals surface area contributed by atoms with E-state index in [9.17, 15) is 0 Å². The Labute approximate surface area is 103 Å². The van der Waals surface area contributed by atoms with Gasteiger partial charge in [-0.3, -0.25) is 0 Å². The molecule has 1 heterocycles. The summed E-state index contributed by atoms with van der Waals surface area (Å²) in [6.07, 6.45) is 2.50. The maximum atomic E-state index is 4.66. The molecule has 16 heavy (non-hydrogen) atoms. The first-order valence-corrected chi connectivity index (χ1v) is 6.94. The molecule has 3 heteroatoms. The largest absolute Gasteiger partial charge is 0.312 e. The van der Waals surface area contributed by atoms with Gasteiger partial charge in [-0.2, -0.15) is 0 Å². The topological polar surface area (TPSA) is 24.9 Å². The number of thiazole rings is 1. The zero-order valence-corrected chi connectivity index (χ0v) is 12.0. The van der Waals surface area contributed by atoms with Gasteiger partial charge in [-0.05, 0) is 19.9 Å². The van der Waals surface area contributed by atoms with Gasteiger partial charge in [0.15, 0.2) is 0 Å². The van der Waals surface area contributed by atoms with Gasteiger partial charge in [-0.25, -0.2) is 4.98 Å². The van der Waals surface area contributed by atoms with Gasteiger partial charge in [0, 0.05) is 16.8 Å². The zero-order chi connectivity index (χ0) is 12.2. The van der Waals surface area contributed by atoms with E-state index in [1.54, 1.807) is 0 Å². The molecule has 92 valence electrons. The van der Waals surface area contributed by atoms with Gasteiger partial charge in [-0.1, -0.05) is 34.1 Å². The van der Waals surface area contributed by atoms with E-state index >= 15 is 0 Å². The van der Waals surface area contributed by atoms with Crippen LogP contribution in [-0.2, 0) is 12.0 Å². The number of nitrogens with one attached hydrogen (secondary N) is 1. The molecule has 0 atom stereocenters. The van der Waals surface area contributed by atoms with Crippen molar-refractivity contribution in [3.05, 3.63) is 15.6 Å². The fourth-order valence-electron chi connectivity index (χ4n) is 1.68. The predicted molar refractivity (Wildman–Crippen MR) is 72.2 cm³/mol. The van der Waals surface area contributed by atoms with Gasteiger partial charge in [-0.15, -0.1) is 11.3 Å². The van der Waals surface area contributed by atoms with Crippen LogP contribution in [0.1, 0.15) is 56.1 Å². The monoisotopic (exact) mass is 240 g/mol. The van der Waals surface area contributed by atoms with Crippen LogP contribution in [0.2, 0.25) is 0 Å². The third-order valence-electron chi connectivity index (χ3n) is 2.51. The first kappa shape index (κ1) is 13.7. The molecule has 0 fully saturated rings. The van der Waals surface area contributed by atoms with Crippen LogP contribution in [0.4, 0.5) is 0 Å². The fourth-order valence-corrected chi connectivity index (χ4v) is 2.79. The van der Waals surface area contributed by atoms with Crippen molar-refractivity contribution in [1.82, 2.24) is 10.3 Å². The summed E-state index contributed by atoms with van der Waals surface area (Å²) in [4.78, 5) is 6.06. The lowest BCUT2D eigenvalue weighted by atomic mass is 9.91. The van der Waals surface area contributed by atoms with Crippen molar-refractivity contribution in [2.45, 2.75) is 59.4 Å². The van der Waals surface area contributed by atoms with Crippen LogP contribution in [0.3, 0.4) is 0 Å². The minimum Gasteiger partial charge on any atom is -0.312 e. The van der Waals surface area contributed by atoms with Gasteiger partial charge >= 0.3 is 0 Å².